The van der Waals surface area contributed by atoms with E-state index < -0.39 is 6.17 Å². The summed E-state index contributed by atoms with van der Waals surface area (Å²) in [6.07, 6.45) is 22.9. The van der Waals surface area contributed by atoms with E-state index in [9.17, 15) is 8.78 Å². The van der Waals surface area contributed by atoms with E-state index in [0.29, 0.717) is 34.9 Å². The molecule has 3 saturated carbocycles. The Balaban J connectivity index is 1.49. The lowest BCUT2D eigenvalue weighted by molar-refractivity contribution is -0.0307. The molecule has 0 amide bonds. The molecule has 6 aliphatic carbocycles. The van der Waals surface area contributed by atoms with E-state index >= 15 is 0 Å². The van der Waals surface area contributed by atoms with Crippen molar-refractivity contribution in [2.75, 3.05) is 0 Å². The van der Waals surface area contributed by atoms with Gasteiger partial charge in [0.05, 0.1) is 5.83 Å². The van der Waals surface area contributed by atoms with Crippen molar-refractivity contribution < 1.29 is 8.78 Å². The summed E-state index contributed by atoms with van der Waals surface area (Å²) >= 11 is 3.99. The van der Waals surface area contributed by atoms with E-state index in [-0.39, 0.29) is 11.2 Å². The van der Waals surface area contributed by atoms with Crippen LogP contribution in [0.3, 0.4) is 0 Å². The van der Waals surface area contributed by atoms with Gasteiger partial charge in [-0.3, -0.25) is 0 Å². The third kappa shape index (κ3) is 3.37. The first-order valence-electron chi connectivity index (χ1n) is 13.6. The molecular formula is C29H39BrF2. The zero-order valence-corrected chi connectivity index (χ0v) is 20.9. The van der Waals surface area contributed by atoms with Gasteiger partial charge in [-0.1, -0.05) is 45.8 Å². The molecule has 3 heteroatoms. The van der Waals surface area contributed by atoms with Crippen LogP contribution in [0.15, 0.2) is 35.7 Å². The standard InChI is InChI=1S/C29H39BrF2/c30-21-10-15-25-27(17-21)29(19-6-11-22(31)12-7-19,20-8-13-23(32)14-9-20)26-16-5-18-3-1-2-4-24(18)28(25)26/h2,4,11,17-21,23-26,28H,1,3,5-10,12-16H2. The summed E-state index contributed by atoms with van der Waals surface area (Å²) in [6.45, 7) is 0. The SMILES string of the molecule is FC1=CCC(C2(C3CCC(F)CC3)C3=CC(Br)CCC3C3C4C=CCCC4CCC32)CC1. The van der Waals surface area contributed by atoms with Crippen LogP contribution in [0.4, 0.5) is 8.78 Å². The van der Waals surface area contributed by atoms with Crippen molar-refractivity contribution in [3.8, 4) is 0 Å². The molecule has 0 spiro atoms. The number of rotatable bonds is 2. The third-order valence-electron chi connectivity index (χ3n) is 10.8. The van der Waals surface area contributed by atoms with Gasteiger partial charge in [0.15, 0.2) is 0 Å². The Morgan fingerprint density at radius 1 is 0.906 bits per heavy atom. The second-order valence-corrected chi connectivity index (χ2v) is 13.1. The molecule has 0 saturated heterocycles. The van der Waals surface area contributed by atoms with Crippen molar-refractivity contribution in [2.45, 2.75) is 94.5 Å². The van der Waals surface area contributed by atoms with E-state index in [4.69, 9.17) is 0 Å². The zero-order chi connectivity index (χ0) is 21.9. The molecule has 0 aromatic rings. The lowest BCUT2D eigenvalue weighted by atomic mass is 9.50. The molecule has 32 heavy (non-hydrogen) atoms. The first-order valence-corrected chi connectivity index (χ1v) is 14.5. The summed E-state index contributed by atoms with van der Waals surface area (Å²) in [7, 11) is 0. The molecular weight excluding hydrogens is 466 g/mol. The van der Waals surface area contributed by atoms with Crippen molar-refractivity contribution in [2.24, 2.45) is 46.8 Å². The fourth-order valence-electron chi connectivity index (χ4n) is 9.80. The molecule has 0 N–H and O–H groups in total. The molecule has 0 aromatic heterocycles. The molecule has 0 aromatic carbocycles. The van der Waals surface area contributed by atoms with E-state index in [1.54, 1.807) is 5.57 Å². The van der Waals surface area contributed by atoms with Crippen molar-refractivity contribution in [3.63, 3.8) is 0 Å². The van der Waals surface area contributed by atoms with Crippen LogP contribution in [-0.4, -0.2) is 11.0 Å². The molecule has 8 unspecified atom stereocenters. The topological polar surface area (TPSA) is 0 Å². The predicted octanol–water partition coefficient (Wildman–Crippen LogP) is 8.88. The smallest absolute Gasteiger partial charge is 0.100 e. The quantitative estimate of drug-likeness (QED) is 0.260. The molecule has 0 heterocycles. The number of alkyl halides is 2. The van der Waals surface area contributed by atoms with Crippen molar-refractivity contribution in [1.82, 2.24) is 0 Å². The van der Waals surface area contributed by atoms with E-state index in [1.807, 2.05) is 6.08 Å². The summed E-state index contributed by atoms with van der Waals surface area (Å²) in [5.41, 5.74) is 1.93. The Labute approximate surface area is 201 Å². The first-order chi connectivity index (χ1) is 15.6. The lowest BCUT2D eigenvalue weighted by Gasteiger charge is -2.55. The lowest BCUT2D eigenvalue weighted by Crippen LogP contribution is -2.48. The van der Waals surface area contributed by atoms with Gasteiger partial charge in [-0.15, -0.1) is 0 Å². The number of fused-ring (bicyclic) bond motifs is 5. The molecule has 0 aliphatic heterocycles. The Morgan fingerprint density at radius 3 is 2.53 bits per heavy atom. The molecule has 3 fully saturated rings. The van der Waals surface area contributed by atoms with Crippen LogP contribution in [0.5, 0.6) is 0 Å². The minimum atomic E-state index is -0.610. The van der Waals surface area contributed by atoms with Gasteiger partial charge < -0.3 is 0 Å². The minimum absolute atomic E-state index is 0.102. The van der Waals surface area contributed by atoms with Gasteiger partial charge in [-0.05, 0) is 125 Å². The van der Waals surface area contributed by atoms with Crippen LogP contribution in [0.2, 0.25) is 0 Å². The molecule has 0 radical (unpaired) electrons. The maximum absolute atomic E-state index is 14.3. The van der Waals surface area contributed by atoms with Crippen LogP contribution >= 0.6 is 15.9 Å². The highest BCUT2D eigenvalue weighted by molar-refractivity contribution is 9.09. The molecule has 176 valence electrons. The fourth-order valence-corrected chi connectivity index (χ4v) is 10.4. The highest BCUT2D eigenvalue weighted by Gasteiger charge is 2.65. The molecule has 6 aliphatic rings. The van der Waals surface area contributed by atoms with Gasteiger partial charge in [-0.2, -0.15) is 0 Å². The first kappa shape index (κ1) is 22.1. The Bertz CT molecular complexity index is 806. The van der Waals surface area contributed by atoms with Gasteiger partial charge >= 0.3 is 0 Å². The van der Waals surface area contributed by atoms with Crippen molar-refractivity contribution >= 4 is 15.9 Å². The number of hydrogen-bond acceptors (Lipinski definition) is 0. The molecule has 0 nitrogen and oxygen atoms in total. The van der Waals surface area contributed by atoms with Gasteiger partial charge in [-0.25, -0.2) is 8.78 Å². The van der Waals surface area contributed by atoms with Gasteiger partial charge in [0.1, 0.15) is 6.17 Å². The fraction of sp³-hybridized carbons (Fsp3) is 0.793. The second-order valence-electron chi connectivity index (χ2n) is 11.9. The minimum Gasteiger partial charge on any atom is -0.247 e. The molecule has 0 bridgehead atoms. The summed E-state index contributed by atoms with van der Waals surface area (Å²) in [5, 5.41) is 0. The van der Waals surface area contributed by atoms with E-state index in [2.05, 4.69) is 34.2 Å². The maximum Gasteiger partial charge on any atom is 0.100 e. The summed E-state index contributed by atoms with van der Waals surface area (Å²) in [5.74, 6) is 4.99. The monoisotopic (exact) mass is 504 g/mol. The van der Waals surface area contributed by atoms with Crippen molar-refractivity contribution in [3.05, 3.63) is 35.7 Å². The number of halogens is 3. The van der Waals surface area contributed by atoms with Crippen LogP contribution in [0, 0.1) is 46.8 Å². The summed E-state index contributed by atoms with van der Waals surface area (Å²) in [4.78, 5) is 0.472. The largest absolute Gasteiger partial charge is 0.247 e. The van der Waals surface area contributed by atoms with Gasteiger partial charge in [0.2, 0.25) is 0 Å². The highest BCUT2D eigenvalue weighted by Crippen LogP contribution is 2.72. The zero-order valence-electron chi connectivity index (χ0n) is 19.3. The van der Waals surface area contributed by atoms with E-state index in [0.717, 1.165) is 56.3 Å². The average molecular weight is 506 g/mol. The van der Waals surface area contributed by atoms with Gasteiger partial charge in [0.25, 0.3) is 0 Å². The highest BCUT2D eigenvalue weighted by atomic mass is 79.9. The number of hydrogen-bond donors (Lipinski definition) is 0. The third-order valence-corrected chi connectivity index (χ3v) is 11.5. The summed E-state index contributed by atoms with van der Waals surface area (Å²) in [6, 6.07) is 0. The second kappa shape index (κ2) is 8.65. The van der Waals surface area contributed by atoms with Crippen molar-refractivity contribution in [1.29, 1.82) is 0 Å². The predicted molar refractivity (Wildman–Crippen MR) is 131 cm³/mol. The van der Waals surface area contributed by atoms with Crippen LogP contribution in [0.1, 0.15) is 83.5 Å². The van der Waals surface area contributed by atoms with Crippen LogP contribution in [0.25, 0.3) is 0 Å². The molecule has 8 atom stereocenters. The van der Waals surface area contributed by atoms with Crippen LogP contribution < -0.4 is 0 Å². The maximum atomic E-state index is 14.3. The Hall–Kier alpha value is -0.440. The Kier molecular flexibility index (Phi) is 5.96. The summed E-state index contributed by atoms with van der Waals surface area (Å²) < 4.78 is 28.5. The van der Waals surface area contributed by atoms with E-state index in [1.165, 1.54) is 38.5 Å². The molecule has 6 rings (SSSR count). The van der Waals surface area contributed by atoms with Gasteiger partial charge in [0, 0.05) is 10.2 Å². The van der Waals surface area contributed by atoms with Crippen LogP contribution in [-0.2, 0) is 0 Å². The average Bonchev–Trinajstić information content (AvgIpc) is 3.11. The Morgan fingerprint density at radius 2 is 1.75 bits per heavy atom. The normalized spacial score (nSPS) is 50.7. The number of allylic oxidation sites excluding steroid dienone is 6.